The predicted molar refractivity (Wildman–Crippen MR) is 162 cm³/mol. The van der Waals surface area contributed by atoms with Crippen LogP contribution < -0.4 is 5.32 Å². The number of aliphatic hydroxyl groups is 1. The first-order valence-corrected chi connectivity index (χ1v) is 15.2. The zero-order chi connectivity index (χ0) is 29.7. The number of amides is 1. The van der Waals surface area contributed by atoms with Gasteiger partial charge in [-0.2, -0.15) is 0 Å². The lowest BCUT2D eigenvalue weighted by molar-refractivity contribution is -0.245. The van der Waals surface area contributed by atoms with E-state index < -0.39 is 16.0 Å². The van der Waals surface area contributed by atoms with Crippen LogP contribution in [-0.2, 0) is 34.5 Å². The van der Waals surface area contributed by atoms with Gasteiger partial charge >= 0.3 is 0 Å². The lowest BCUT2D eigenvalue weighted by atomic mass is 9.98. The molecule has 0 saturated carbocycles. The highest BCUT2D eigenvalue weighted by atomic mass is 35.6. The Kier molecular flexibility index (Phi) is 10.1. The van der Waals surface area contributed by atoms with E-state index in [0.29, 0.717) is 17.3 Å². The summed E-state index contributed by atoms with van der Waals surface area (Å²) < 4.78 is 12.5. The van der Waals surface area contributed by atoms with Crippen molar-refractivity contribution in [3.63, 3.8) is 0 Å². The average Bonchev–Trinajstić information content (AvgIpc) is 3.42. The van der Waals surface area contributed by atoms with E-state index in [2.05, 4.69) is 20.8 Å². The van der Waals surface area contributed by atoms with Gasteiger partial charge in [-0.25, -0.2) is 4.68 Å². The Hall–Kier alpha value is -2.70. The van der Waals surface area contributed by atoms with Gasteiger partial charge < -0.3 is 19.9 Å². The second-order valence-electron chi connectivity index (χ2n) is 9.71. The van der Waals surface area contributed by atoms with E-state index in [-0.39, 0.29) is 25.4 Å². The van der Waals surface area contributed by atoms with Crippen molar-refractivity contribution in [1.29, 1.82) is 0 Å². The fourth-order valence-electron chi connectivity index (χ4n) is 4.59. The van der Waals surface area contributed by atoms with Gasteiger partial charge in [-0.15, -0.1) is 5.10 Å². The molecule has 1 aliphatic rings. The number of carbonyl (C=O) groups is 1. The summed E-state index contributed by atoms with van der Waals surface area (Å²) in [7, 11) is 1.80. The van der Waals surface area contributed by atoms with E-state index in [4.69, 9.17) is 44.3 Å². The van der Waals surface area contributed by atoms with E-state index >= 15 is 0 Å². The zero-order valence-electron chi connectivity index (χ0n) is 22.5. The molecule has 2 N–H and O–H groups in total. The summed E-state index contributed by atoms with van der Waals surface area (Å²) in [5.41, 5.74) is 5.48. The molecule has 13 heteroatoms. The van der Waals surface area contributed by atoms with Crippen LogP contribution in [0.1, 0.15) is 41.1 Å². The first kappa shape index (κ1) is 30.7. The largest absolute Gasteiger partial charge is 0.392 e. The van der Waals surface area contributed by atoms with Crippen LogP contribution in [-0.4, -0.2) is 46.9 Å². The monoisotopic (exact) mass is 647 g/mol. The molecule has 2 heterocycles. The van der Waals surface area contributed by atoms with E-state index in [0.717, 1.165) is 33.4 Å². The van der Waals surface area contributed by atoms with Crippen molar-refractivity contribution in [3.8, 4) is 11.1 Å². The van der Waals surface area contributed by atoms with Gasteiger partial charge in [0.1, 0.15) is 0 Å². The lowest BCUT2D eigenvalue weighted by Gasteiger charge is -2.36. The quantitative estimate of drug-likeness (QED) is 0.176. The Labute approximate surface area is 262 Å². The third-order valence-electron chi connectivity index (χ3n) is 6.80. The van der Waals surface area contributed by atoms with Crippen LogP contribution in [0.3, 0.4) is 0 Å². The number of alkyl halides is 3. The number of rotatable bonds is 9. The number of aryl methyl sites for hydroxylation is 1. The van der Waals surface area contributed by atoms with Crippen LogP contribution in [0.5, 0.6) is 0 Å². The van der Waals surface area contributed by atoms with Gasteiger partial charge in [0.25, 0.3) is 9.70 Å². The maximum Gasteiger partial charge on any atom is 0.272 e. The van der Waals surface area contributed by atoms with Gasteiger partial charge in [-0.3, -0.25) is 4.79 Å². The van der Waals surface area contributed by atoms with Crippen LogP contribution in [0.15, 0.2) is 78.0 Å². The summed E-state index contributed by atoms with van der Waals surface area (Å²) in [6.07, 6.45) is -0.285. The number of halogens is 3. The van der Waals surface area contributed by atoms with Crippen LogP contribution in [0.4, 0.5) is 0 Å². The van der Waals surface area contributed by atoms with E-state index in [1.54, 1.807) is 11.7 Å². The number of hydrogen-bond acceptors (Lipinski definition) is 8. The number of carbonyl (C=O) groups excluding carboxylic acids is 1. The minimum absolute atomic E-state index is 0.0166. The molecule has 0 spiro atoms. The molecular formula is C29H28Cl3N5O4S. The Morgan fingerprint density at radius 1 is 1.05 bits per heavy atom. The number of tetrazole rings is 1. The minimum Gasteiger partial charge on any atom is -0.392 e. The maximum absolute atomic E-state index is 12.1. The SMILES string of the molecule is Cn1nnnc1SCC1CC(c2ccc(CO)cc2)OC(c2ccc(-c3ccccc3CNC(=O)C(Cl)(Cl)Cl)cc2)O1. The lowest BCUT2D eigenvalue weighted by Crippen LogP contribution is -2.34. The predicted octanol–water partition coefficient (Wildman–Crippen LogP) is 5.69. The molecule has 1 amide bonds. The molecule has 0 aliphatic carbocycles. The van der Waals surface area contributed by atoms with Gasteiger partial charge in [0.2, 0.25) is 5.16 Å². The van der Waals surface area contributed by atoms with Gasteiger partial charge in [0, 0.05) is 31.3 Å². The highest BCUT2D eigenvalue weighted by molar-refractivity contribution is 7.99. The highest BCUT2D eigenvalue weighted by Crippen LogP contribution is 2.40. The number of benzene rings is 3. The molecule has 42 heavy (non-hydrogen) atoms. The van der Waals surface area contributed by atoms with Gasteiger partial charge in [0.15, 0.2) is 6.29 Å². The van der Waals surface area contributed by atoms with Crippen molar-refractivity contribution >= 4 is 52.5 Å². The molecular weight excluding hydrogens is 621 g/mol. The fourth-order valence-corrected chi connectivity index (χ4v) is 5.65. The summed E-state index contributed by atoms with van der Waals surface area (Å²) in [6, 6.07) is 23.4. The Morgan fingerprint density at radius 3 is 2.43 bits per heavy atom. The number of aliphatic hydroxyl groups excluding tert-OH is 1. The van der Waals surface area contributed by atoms with Gasteiger partial charge in [0.05, 0.1) is 18.8 Å². The minimum atomic E-state index is -2.03. The molecule has 0 radical (unpaired) electrons. The number of ether oxygens (including phenoxy) is 2. The van der Waals surface area contributed by atoms with Gasteiger partial charge in [-0.05, 0) is 38.2 Å². The maximum atomic E-state index is 12.1. The third kappa shape index (κ3) is 7.62. The average molecular weight is 649 g/mol. The van der Waals surface area contributed by atoms with Crippen molar-refractivity contribution in [2.24, 2.45) is 7.05 Å². The molecule has 3 atom stereocenters. The summed E-state index contributed by atoms with van der Waals surface area (Å²) in [5.74, 6) is -0.0436. The normalized spacial score (nSPS) is 19.0. The number of thioether (sulfide) groups is 1. The molecule has 9 nitrogen and oxygen atoms in total. The van der Waals surface area contributed by atoms with Crippen LogP contribution in [0, 0.1) is 0 Å². The summed E-state index contributed by atoms with van der Waals surface area (Å²) >= 11 is 18.6. The molecule has 1 aromatic heterocycles. The molecule has 1 aliphatic heterocycles. The number of nitrogens with zero attached hydrogens (tertiary/aromatic N) is 4. The smallest absolute Gasteiger partial charge is 0.272 e. The van der Waals surface area contributed by atoms with Crippen LogP contribution in [0.25, 0.3) is 11.1 Å². The van der Waals surface area contributed by atoms with Crippen molar-refractivity contribution in [2.75, 3.05) is 5.75 Å². The van der Waals surface area contributed by atoms with E-state index in [1.165, 1.54) is 11.8 Å². The van der Waals surface area contributed by atoms with E-state index in [9.17, 15) is 9.90 Å². The molecule has 0 bridgehead atoms. The number of hydrogen-bond donors (Lipinski definition) is 2. The summed E-state index contributed by atoms with van der Waals surface area (Å²) in [4.78, 5) is 12.1. The fraction of sp³-hybridized carbons (Fsp3) is 0.310. The summed E-state index contributed by atoms with van der Waals surface area (Å²) in [6.45, 7) is 0.188. The topological polar surface area (TPSA) is 111 Å². The zero-order valence-corrected chi connectivity index (χ0v) is 25.6. The van der Waals surface area contributed by atoms with Crippen molar-refractivity contribution < 1.29 is 19.4 Å². The third-order valence-corrected chi connectivity index (χ3v) is 8.46. The summed E-state index contributed by atoms with van der Waals surface area (Å²) in [5, 5.41) is 24.5. The number of nitrogens with one attached hydrogen (secondary N) is 1. The Morgan fingerprint density at radius 2 is 1.76 bits per heavy atom. The van der Waals surface area contributed by atoms with E-state index in [1.807, 2.05) is 72.8 Å². The Balaban J connectivity index is 1.34. The second-order valence-corrected chi connectivity index (χ2v) is 13.0. The van der Waals surface area contributed by atoms with Crippen molar-refractivity contribution in [3.05, 3.63) is 95.1 Å². The molecule has 1 saturated heterocycles. The number of aromatic nitrogens is 4. The van der Waals surface area contributed by atoms with Crippen molar-refractivity contribution in [1.82, 2.24) is 25.5 Å². The highest BCUT2D eigenvalue weighted by Gasteiger charge is 2.33. The van der Waals surface area contributed by atoms with Crippen molar-refractivity contribution in [2.45, 2.75) is 47.0 Å². The second kappa shape index (κ2) is 13.7. The molecule has 3 unspecified atom stereocenters. The first-order valence-electron chi connectivity index (χ1n) is 13.1. The Bertz CT molecular complexity index is 1500. The molecule has 4 aromatic rings. The van der Waals surface area contributed by atoms with Crippen LogP contribution >= 0.6 is 46.6 Å². The first-order chi connectivity index (χ1) is 20.2. The standard InChI is InChI=1S/C29H28Cl3N5O4S/c1-37-28(34-35-36-37)42-17-23-14-25(20-8-6-18(16-38)7-9-20)41-26(40-23)21-12-10-19(11-13-21)24-5-3-2-4-22(24)15-33-27(39)29(30,31)32/h2-13,23,25-26,38H,14-17H2,1H3,(H,33,39). The molecule has 1 fully saturated rings. The van der Waals surface area contributed by atoms with Gasteiger partial charge in [-0.1, -0.05) is 119 Å². The molecule has 220 valence electrons. The molecule has 3 aromatic carbocycles. The van der Waals surface area contributed by atoms with Crippen LogP contribution in [0.2, 0.25) is 0 Å². The molecule has 5 rings (SSSR count).